The number of halogens is 2. The molecule has 0 bridgehead atoms. The first kappa shape index (κ1) is 8.82. The molecule has 0 atom stereocenters. The van der Waals surface area contributed by atoms with Crippen LogP contribution in [0.25, 0.3) is 0 Å². The summed E-state index contributed by atoms with van der Waals surface area (Å²) < 4.78 is 0. The zero-order valence-electron chi connectivity index (χ0n) is 6.27. The van der Waals surface area contributed by atoms with Crippen molar-refractivity contribution in [3.63, 3.8) is 0 Å². The quantitative estimate of drug-likeness (QED) is 0.653. The first-order valence-electron chi connectivity index (χ1n) is 3.34. The molecular formula is C8H9Cl2N. The zero-order chi connectivity index (χ0) is 8.27. The second-order valence-corrected chi connectivity index (χ2v) is 2.90. The number of nitrogens with zero attached hydrogens (tertiary/aromatic N) is 1. The van der Waals surface area contributed by atoms with Crippen LogP contribution in [0, 0.1) is 6.92 Å². The summed E-state index contributed by atoms with van der Waals surface area (Å²) in [5.41, 5.74) is 3.13. The Labute approximate surface area is 76.4 Å². The fourth-order valence-electron chi connectivity index (χ4n) is 0.856. The lowest BCUT2D eigenvalue weighted by Gasteiger charge is -2.01. The number of pyridine rings is 1. The highest BCUT2D eigenvalue weighted by Gasteiger charge is 1.98. The van der Waals surface area contributed by atoms with Gasteiger partial charge in [-0.15, -0.1) is 23.2 Å². The summed E-state index contributed by atoms with van der Waals surface area (Å²) in [6.07, 6.45) is 1.78. The molecular weight excluding hydrogens is 181 g/mol. The van der Waals surface area contributed by atoms with Gasteiger partial charge in [0.15, 0.2) is 0 Å². The number of alkyl halides is 2. The van der Waals surface area contributed by atoms with Gasteiger partial charge in [0, 0.05) is 12.1 Å². The minimum absolute atomic E-state index is 0.462. The summed E-state index contributed by atoms with van der Waals surface area (Å²) in [6, 6.07) is 1.96. The molecule has 3 heteroatoms. The van der Waals surface area contributed by atoms with Crippen LogP contribution in [0.15, 0.2) is 12.3 Å². The zero-order valence-corrected chi connectivity index (χ0v) is 7.78. The topological polar surface area (TPSA) is 12.9 Å². The summed E-state index contributed by atoms with van der Waals surface area (Å²) in [4.78, 5) is 4.11. The first-order valence-corrected chi connectivity index (χ1v) is 4.41. The van der Waals surface area contributed by atoms with Crippen molar-refractivity contribution in [2.24, 2.45) is 0 Å². The van der Waals surface area contributed by atoms with Crippen molar-refractivity contribution >= 4 is 23.2 Å². The highest BCUT2D eigenvalue weighted by atomic mass is 35.5. The summed E-state index contributed by atoms with van der Waals surface area (Å²) in [6.45, 7) is 2.01. The molecule has 0 unspecified atom stereocenters. The number of aryl methyl sites for hydroxylation is 1. The minimum Gasteiger partial charge on any atom is -0.260 e. The average Bonchev–Trinajstić information content (AvgIpc) is 2.04. The number of aromatic nitrogens is 1. The maximum absolute atomic E-state index is 5.65. The van der Waals surface area contributed by atoms with Crippen LogP contribution in [-0.2, 0) is 11.8 Å². The Hall–Kier alpha value is -0.270. The average molecular weight is 190 g/mol. The molecule has 0 N–H and O–H groups in total. The Morgan fingerprint density at radius 3 is 2.55 bits per heavy atom. The Morgan fingerprint density at radius 1 is 1.36 bits per heavy atom. The molecule has 0 spiro atoms. The molecule has 0 aliphatic carbocycles. The van der Waals surface area contributed by atoms with E-state index in [1.54, 1.807) is 6.20 Å². The molecule has 0 amide bonds. The van der Waals surface area contributed by atoms with E-state index in [0.717, 1.165) is 16.8 Å². The molecule has 0 saturated heterocycles. The van der Waals surface area contributed by atoms with E-state index in [9.17, 15) is 0 Å². The molecule has 1 aromatic heterocycles. The molecule has 0 fully saturated rings. The lowest BCUT2D eigenvalue weighted by molar-refractivity contribution is 1.11. The Morgan fingerprint density at radius 2 is 2.09 bits per heavy atom. The largest absolute Gasteiger partial charge is 0.260 e. The highest BCUT2D eigenvalue weighted by Crippen LogP contribution is 2.11. The number of hydrogen-bond acceptors (Lipinski definition) is 1. The normalized spacial score (nSPS) is 10.1. The van der Waals surface area contributed by atoms with Crippen LogP contribution in [0.3, 0.4) is 0 Å². The molecule has 1 heterocycles. The van der Waals surface area contributed by atoms with Crippen molar-refractivity contribution in [2.45, 2.75) is 18.7 Å². The standard InChI is InChI=1S/C8H9Cl2N/c1-6-2-8(4-10)11-5-7(6)3-9/h2,5H,3-4H2,1H3. The molecule has 0 aliphatic rings. The van der Waals surface area contributed by atoms with E-state index < -0.39 is 0 Å². The summed E-state index contributed by atoms with van der Waals surface area (Å²) >= 11 is 11.3. The van der Waals surface area contributed by atoms with Crippen LogP contribution in [0.4, 0.5) is 0 Å². The van der Waals surface area contributed by atoms with Gasteiger partial charge in [-0.1, -0.05) is 0 Å². The smallest absolute Gasteiger partial charge is 0.0647 e. The molecule has 1 rings (SSSR count). The van der Waals surface area contributed by atoms with Gasteiger partial charge in [0.2, 0.25) is 0 Å². The number of rotatable bonds is 2. The lowest BCUT2D eigenvalue weighted by atomic mass is 10.1. The third kappa shape index (κ3) is 2.08. The van der Waals surface area contributed by atoms with Gasteiger partial charge in [-0.25, -0.2) is 0 Å². The van der Waals surface area contributed by atoms with Gasteiger partial charge in [-0.05, 0) is 24.1 Å². The van der Waals surface area contributed by atoms with E-state index >= 15 is 0 Å². The monoisotopic (exact) mass is 189 g/mol. The van der Waals surface area contributed by atoms with Crippen LogP contribution in [-0.4, -0.2) is 4.98 Å². The molecule has 0 saturated carbocycles. The summed E-state index contributed by atoms with van der Waals surface area (Å²) in [7, 11) is 0. The highest BCUT2D eigenvalue weighted by molar-refractivity contribution is 6.17. The fourth-order valence-corrected chi connectivity index (χ4v) is 1.28. The van der Waals surface area contributed by atoms with Crippen molar-refractivity contribution in [3.8, 4) is 0 Å². The second-order valence-electron chi connectivity index (χ2n) is 2.37. The van der Waals surface area contributed by atoms with Gasteiger partial charge in [-0.2, -0.15) is 0 Å². The molecule has 0 aliphatic heterocycles. The van der Waals surface area contributed by atoms with Crippen LogP contribution >= 0.6 is 23.2 Å². The first-order chi connectivity index (χ1) is 5.27. The van der Waals surface area contributed by atoms with Crippen molar-refractivity contribution in [3.05, 3.63) is 29.1 Å². The molecule has 0 aromatic carbocycles. The van der Waals surface area contributed by atoms with Gasteiger partial charge in [0.05, 0.1) is 11.6 Å². The van der Waals surface area contributed by atoms with Gasteiger partial charge >= 0.3 is 0 Å². The van der Waals surface area contributed by atoms with Crippen molar-refractivity contribution in [1.82, 2.24) is 4.98 Å². The van der Waals surface area contributed by atoms with Crippen LogP contribution < -0.4 is 0 Å². The van der Waals surface area contributed by atoms with E-state index in [-0.39, 0.29) is 0 Å². The SMILES string of the molecule is Cc1cc(CCl)ncc1CCl. The maximum atomic E-state index is 5.65. The predicted octanol–water partition coefficient (Wildman–Crippen LogP) is 2.87. The molecule has 11 heavy (non-hydrogen) atoms. The van der Waals surface area contributed by atoms with Gasteiger partial charge in [-0.3, -0.25) is 4.98 Å². The van der Waals surface area contributed by atoms with E-state index in [0.29, 0.717) is 11.8 Å². The van der Waals surface area contributed by atoms with Crippen LogP contribution in [0.2, 0.25) is 0 Å². The van der Waals surface area contributed by atoms with Gasteiger partial charge in [0.25, 0.3) is 0 Å². The Bertz CT molecular complexity index is 248. The van der Waals surface area contributed by atoms with E-state index in [1.807, 2.05) is 13.0 Å². The van der Waals surface area contributed by atoms with Crippen molar-refractivity contribution < 1.29 is 0 Å². The molecule has 1 aromatic rings. The Balaban J connectivity index is 2.99. The van der Waals surface area contributed by atoms with Crippen molar-refractivity contribution in [2.75, 3.05) is 0 Å². The molecule has 1 nitrogen and oxygen atoms in total. The third-order valence-corrected chi connectivity index (χ3v) is 2.12. The summed E-state index contributed by atoms with van der Waals surface area (Å²) in [5.74, 6) is 0.977. The maximum Gasteiger partial charge on any atom is 0.0647 e. The summed E-state index contributed by atoms with van der Waals surface area (Å²) in [5, 5.41) is 0. The van der Waals surface area contributed by atoms with Crippen LogP contribution in [0.1, 0.15) is 16.8 Å². The predicted molar refractivity (Wildman–Crippen MR) is 48.1 cm³/mol. The lowest BCUT2D eigenvalue weighted by Crippen LogP contribution is -1.91. The van der Waals surface area contributed by atoms with E-state index in [4.69, 9.17) is 23.2 Å². The Kier molecular flexibility index (Phi) is 3.16. The van der Waals surface area contributed by atoms with E-state index in [1.165, 1.54) is 0 Å². The number of hydrogen-bond donors (Lipinski definition) is 0. The second kappa shape index (κ2) is 3.93. The van der Waals surface area contributed by atoms with E-state index in [2.05, 4.69) is 4.98 Å². The van der Waals surface area contributed by atoms with Crippen molar-refractivity contribution in [1.29, 1.82) is 0 Å². The van der Waals surface area contributed by atoms with Crippen LogP contribution in [0.5, 0.6) is 0 Å². The third-order valence-electron chi connectivity index (χ3n) is 1.56. The molecule has 0 radical (unpaired) electrons. The minimum atomic E-state index is 0.462. The fraction of sp³-hybridized carbons (Fsp3) is 0.375. The molecule has 60 valence electrons. The van der Waals surface area contributed by atoms with Gasteiger partial charge in [0.1, 0.15) is 0 Å². The van der Waals surface area contributed by atoms with Gasteiger partial charge < -0.3 is 0 Å².